The van der Waals surface area contributed by atoms with Gasteiger partial charge in [0.25, 0.3) is 5.91 Å². The highest BCUT2D eigenvalue weighted by Gasteiger charge is 2.14. The Morgan fingerprint density at radius 3 is 2.95 bits per heavy atom. The normalized spacial score (nSPS) is 12.2. The maximum Gasteiger partial charge on any atom is 0.254 e. The van der Waals surface area contributed by atoms with Crippen LogP contribution in [0.3, 0.4) is 0 Å². The maximum atomic E-state index is 12.0. The van der Waals surface area contributed by atoms with Crippen LogP contribution >= 0.6 is 27.3 Å². The number of thiophene rings is 1. The number of hydrogen-bond donors (Lipinski definition) is 2. The van der Waals surface area contributed by atoms with Gasteiger partial charge >= 0.3 is 0 Å². The van der Waals surface area contributed by atoms with E-state index < -0.39 is 6.10 Å². The molecule has 2 aromatic rings. The fraction of sp³-hybridized carbons (Fsp3) is 0.231. The van der Waals surface area contributed by atoms with Crippen molar-refractivity contribution in [3.8, 4) is 0 Å². The van der Waals surface area contributed by atoms with Gasteiger partial charge in [0.15, 0.2) is 0 Å². The molecule has 2 N–H and O–H groups in total. The van der Waals surface area contributed by atoms with Gasteiger partial charge < -0.3 is 10.4 Å². The van der Waals surface area contributed by atoms with Gasteiger partial charge in [0.2, 0.25) is 0 Å². The van der Waals surface area contributed by atoms with Crippen LogP contribution in [-0.4, -0.2) is 22.5 Å². The maximum absolute atomic E-state index is 12.0. The summed E-state index contributed by atoms with van der Waals surface area (Å²) < 4.78 is 0.509. The molecule has 2 heterocycles. The van der Waals surface area contributed by atoms with Crippen LogP contribution in [0.15, 0.2) is 33.6 Å². The van der Waals surface area contributed by atoms with E-state index in [0.29, 0.717) is 10.2 Å². The molecule has 1 unspecified atom stereocenters. The zero-order chi connectivity index (χ0) is 13.8. The van der Waals surface area contributed by atoms with Gasteiger partial charge in [-0.1, -0.05) is 0 Å². The van der Waals surface area contributed by atoms with Crippen molar-refractivity contribution in [1.29, 1.82) is 0 Å². The molecule has 2 rings (SSSR count). The molecule has 0 bridgehead atoms. The second-order valence-corrected chi connectivity index (χ2v) is 5.60. The molecule has 0 saturated heterocycles. The smallest absolute Gasteiger partial charge is 0.254 e. The molecule has 0 aromatic carbocycles. The lowest BCUT2D eigenvalue weighted by Crippen LogP contribution is -2.28. The average molecular weight is 341 g/mol. The Bertz CT molecular complexity index is 572. The number of aliphatic hydroxyl groups is 1. The lowest BCUT2D eigenvalue weighted by atomic mass is 10.2. The van der Waals surface area contributed by atoms with E-state index in [0.717, 1.165) is 11.3 Å². The molecule has 6 heteroatoms. The van der Waals surface area contributed by atoms with Crippen molar-refractivity contribution in [3.63, 3.8) is 0 Å². The van der Waals surface area contributed by atoms with Gasteiger partial charge in [-0.05, 0) is 57.4 Å². The van der Waals surface area contributed by atoms with Crippen LogP contribution in [0.4, 0.5) is 0 Å². The van der Waals surface area contributed by atoms with Crippen LogP contribution in [-0.2, 0) is 0 Å². The first-order chi connectivity index (χ1) is 9.08. The molecule has 0 fully saturated rings. The molecule has 0 aliphatic carbocycles. The van der Waals surface area contributed by atoms with E-state index in [1.165, 1.54) is 11.3 Å². The highest BCUT2D eigenvalue weighted by Crippen LogP contribution is 2.17. The summed E-state index contributed by atoms with van der Waals surface area (Å²) in [7, 11) is 0. The van der Waals surface area contributed by atoms with Crippen LogP contribution in [0.1, 0.15) is 27.7 Å². The number of aliphatic hydroxyl groups excluding tert-OH is 1. The number of nitrogens with zero attached hydrogens (tertiary/aromatic N) is 1. The third-order valence-electron chi connectivity index (χ3n) is 2.62. The molecule has 2 aromatic heterocycles. The molecule has 100 valence electrons. The first-order valence-corrected chi connectivity index (χ1v) is 7.43. The molecule has 0 saturated carbocycles. The number of carbonyl (C=O) groups is 1. The number of rotatable bonds is 4. The van der Waals surface area contributed by atoms with Crippen LogP contribution in [0.5, 0.6) is 0 Å². The number of aryl methyl sites for hydroxylation is 1. The molecule has 0 spiro atoms. The number of nitrogens with one attached hydrogen (secondary N) is 1. The summed E-state index contributed by atoms with van der Waals surface area (Å²) in [6.45, 7) is 2.03. The quantitative estimate of drug-likeness (QED) is 0.841. The minimum absolute atomic E-state index is 0.176. The zero-order valence-electron chi connectivity index (χ0n) is 10.3. The first kappa shape index (κ1) is 14.2. The summed E-state index contributed by atoms with van der Waals surface area (Å²) in [4.78, 5) is 16.1. The zero-order valence-corrected chi connectivity index (χ0v) is 12.7. The molecule has 4 nitrogen and oxygen atoms in total. The molecule has 0 radical (unpaired) electrons. The van der Waals surface area contributed by atoms with Gasteiger partial charge in [-0.25, -0.2) is 4.98 Å². The Labute approximate surface area is 123 Å². The summed E-state index contributed by atoms with van der Waals surface area (Å²) in [5.41, 5.74) is 2.11. The second-order valence-electron chi connectivity index (χ2n) is 4.07. The van der Waals surface area contributed by atoms with Crippen LogP contribution in [0, 0.1) is 6.92 Å². The lowest BCUT2D eigenvalue weighted by molar-refractivity contribution is 0.0915. The fourth-order valence-corrected chi connectivity index (χ4v) is 2.86. The van der Waals surface area contributed by atoms with Gasteiger partial charge in [0.05, 0.1) is 11.7 Å². The monoisotopic (exact) mass is 340 g/mol. The Hall–Kier alpha value is -1.24. The fourth-order valence-electron chi connectivity index (χ4n) is 1.56. The number of aromatic nitrogens is 1. The van der Waals surface area contributed by atoms with Crippen LogP contribution in [0.2, 0.25) is 0 Å². The highest BCUT2D eigenvalue weighted by atomic mass is 79.9. The predicted octanol–water partition coefficient (Wildman–Crippen LogP) is 2.68. The van der Waals surface area contributed by atoms with E-state index in [1.807, 2.05) is 23.8 Å². The minimum Gasteiger partial charge on any atom is -0.387 e. The van der Waals surface area contributed by atoms with E-state index in [-0.39, 0.29) is 12.5 Å². The van der Waals surface area contributed by atoms with Crippen molar-refractivity contribution in [1.82, 2.24) is 10.3 Å². The lowest BCUT2D eigenvalue weighted by Gasteiger charge is -2.11. The second kappa shape index (κ2) is 6.27. The number of carbonyl (C=O) groups excluding carboxylic acids is 1. The topological polar surface area (TPSA) is 62.2 Å². The third-order valence-corrected chi connectivity index (χ3v) is 3.92. The van der Waals surface area contributed by atoms with Crippen LogP contribution < -0.4 is 5.32 Å². The summed E-state index contributed by atoms with van der Waals surface area (Å²) in [5.74, 6) is -0.256. The van der Waals surface area contributed by atoms with Crippen molar-refractivity contribution < 1.29 is 9.90 Å². The van der Waals surface area contributed by atoms with Crippen molar-refractivity contribution in [2.45, 2.75) is 13.0 Å². The van der Waals surface area contributed by atoms with Crippen molar-refractivity contribution in [2.75, 3.05) is 6.54 Å². The highest BCUT2D eigenvalue weighted by molar-refractivity contribution is 9.10. The SMILES string of the molecule is Cc1ccc(C(=O)NCC(O)c2ccsc2)c(Br)n1. The van der Waals surface area contributed by atoms with Crippen LogP contribution in [0.25, 0.3) is 0 Å². The first-order valence-electron chi connectivity index (χ1n) is 5.69. The van der Waals surface area contributed by atoms with Gasteiger partial charge in [0, 0.05) is 12.2 Å². The standard InChI is InChI=1S/C13H13BrN2O2S/c1-8-2-3-10(12(14)16-8)13(18)15-6-11(17)9-4-5-19-7-9/h2-5,7,11,17H,6H2,1H3,(H,15,18). The largest absolute Gasteiger partial charge is 0.387 e. The van der Waals surface area contributed by atoms with Gasteiger partial charge in [-0.3, -0.25) is 4.79 Å². The Balaban J connectivity index is 1.98. The number of amides is 1. The molecular weight excluding hydrogens is 328 g/mol. The summed E-state index contributed by atoms with van der Waals surface area (Å²) >= 11 is 4.77. The number of halogens is 1. The molecule has 1 atom stereocenters. The predicted molar refractivity (Wildman–Crippen MR) is 78.3 cm³/mol. The van der Waals surface area contributed by atoms with Gasteiger partial charge in [-0.15, -0.1) is 0 Å². The van der Waals surface area contributed by atoms with E-state index in [1.54, 1.807) is 12.1 Å². The Morgan fingerprint density at radius 1 is 1.53 bits per heavy atom. The van der Waals surface area contributed by atoms with Crippen molar-refractivity contribution >= 4 is 33.2 Å². The van der Waals surface area contributed by atoms with E-state index in [4.69, 9.17) is 0 Å². The number of pyridine rings is 1. The minimum atomic E-state index is -0.688. The molecule has 0 aliphatic rings. The Kier molecular flexibility index (Phi) is 4.68. The van der Waals surface area contributed by atoms with E-state index in [2.05, 4.69) is 26.2 Å². The molecule has 1 amide bonds. The third kappa shape index (κ3) is 3.62. The molecule has 0 aliphatic heterocycles. The van der Waals surface area contributed by atoms with Gasteiger partial charge in [0.1, 0.15) is 4.60 Å². The van der Waals surface area contributed by atoms with Gasteiger partial charge in [-0.2, -0.15) is 11.3 Å². The summed E-state index contributed by atoms with van der Waals surface area (Å²) in [6.07, 6.45) is -0.688. The van der Waals surface area contributed by atoms with Crippen molar-refractivity contribution in [3.05, 3.63) is 50.4 Å². The van der Waals surface area contributed by atoms with E-state index >= 15 is 0 Å². The Morgan fingerprint density at radius 2 is 2.32 bits per heavy atom. The number of hydrogen-bond acceptors (Lipinski definition) is 4. The average Bonchev–Trinajstić information content (AvgIpc) is 2.89. The summed E-state index contributed by atoms with van der Waals surface area (Å²) in [5, 5.41) is 16.3. The van der Waals surface area contributed by atoms with Crippen molar-refractivity contribution in [2.24, 2.45) is 0 Å². The summed E-state index contributed by atoms with van der Waals surface area (Å²) in [6, 6.07) is 5.32. The molecule has 19 heavy (non-hydrogen) atoms. The van der Waals surface area contributed by atoms with E-state index in [9.17, 15) is 9.90 Å². The molecular formula is C13H13BrN2O2S.